The van der Waals surface area contributed by atoms with Crippen LogP contribution in [-0.4, -0.2) is 17.7 Å². The Kier molecular flexibility index (Phi) is 3.96. The van der Waals surface area contributed by atoms with Crippen LogP contribution in [0.2, 0.25) is 0 Å². The van der Waals surface area contributed by atoms with E-state index in [4.69, 9.17) is 0 Å². The van der Waals surface area contributed by atoms with Crippen LogP contribution < -0.4 is 5.32 Å². The zero-order chi connectivity index (χ0) is 13.2. The Balaban J connectivity index is 1.65. The smallest absolute Gasteiger partial charge is 0.115 e. The number of phenolic OH excluding ortho intramolecular Hbond substituents is 1. The Bertz CT molecular complexity index is 383. The molecule has 2 heteroatoms. The largest absolute Gasteiger partial charge is 0.508 e. The molecule has 1 aromatic carbocycles. The summed E-state index contributed by atoms with van der Waals surface area (Å²) in [5.74, 6) is 1.22. The molecular weight excluding hydrogens is 222 g/mol. The fourth-order valence-electron chi connectivity index (χ4n) is 2.42. The SMILES string of the molecule is CC(CCc1ccc(O)cc1)NCC1CC1(C)C. The summed E-state index contributed by atoms with van der Waals surface area (Å²) in [4.78, 5) is 0. The average Bonchev–Trinajstić information content (AvgIpc) is 2.94. The van der Waals surface area contributed by atoms with Crippen molar-refractivity contribution in [1.29, 1.82) is 0 Å². The lowest BCUT2D eigenvalue weighted by atomic mass is 10.1. The summed E-state index contributed by atoms with van der Waals surface area (Å²) >= 11 is 0. The number of benzene rings is 1. The first-order chi connectivity index (χ1) is 8.47. The Labute approximate surface area is 110 Å². The molecule has 0 amide bonds. The van der Waals surface area contributed by atoms with Gasteiger partial charge in [0.2, 0.25) is 0 Å². The maximum Gasteiger partial charge on any atom is 0.115 e. The number of nitrogens with one attached hydrogen (secondary N) is 1. The highest BCUT2D eigenvalue weighted by atomic mass is 16.3. The van der Waals surface area contributed by atoms with E-state index in [-0.39, 0.29) is 0 Å². The lowest BCUT2D eigenvalue weighted by Gasteiger charge is -2.14. The van der Waals surface area contributed by atoms with Gasteiger partial charge >= 0.3 is 0 Å². The summed E-state index contributed by atoms with van der Waals surface area (Å²) in [5.41, 5.74) is 1.87. The summed E-state index contributed by atoms with van der Waals surface area (Å²) < 4.78 is 0. The van der Waals surface area contributed by atoms with Crippen LogP contribution in [0.4, 0.5) is 0 Å². The van der Waals surface area contributed by atoms with Gasteiger partial charge in [0.1, 0.15) is 5.75 Å². The maximum absolute atomic E-state index is 9.22. The minimum atomic E-state index is 0.348. The van der Waals surface area contributed by atoms with Gasteiger partial charge in [0, 0.05) is 6.04 Å². The number of aryl methyl sites for hydroxylation is 1. The molecule has 100 valence electrons. The quantitative estimate of drug-likeness (QED) is 0.808. The van der Waals surface area contributed by atoms with E-state index >= 15 is 0 Å². The molecule has 1 fully saturated rings. The zero-order valence-corrected chi connectivity index (χ0v) is 11.7. The predicted octanol–water partition coefficient (Wildman–Crippen LogP) is 3.35. The van der Waals surface area contributed by atoms with Crippen LogP contribution in [0.1, 0.15) is 39.2 Å². The molecule has 1 saturated carbocycles. The van der Waals surface area contributed by atoms with Crippen molar-refractivity contribution in [3.63, 3.8) is 0 Å². The van der Waals surface area contributed by atoms with Gasteiger partial charge in [-0.1, -0.05) is 26.0 Å². The van der Waals surface area contributed by atoms with Gasteiger partial charge in [0.15, 0.2) is 0 Å². The van der Waals surface area contributed by atoms with Crippen LogP contribution in [0.5, 0.6) is 5.75 Å². The highest BCUT2D eigenvalue weighted by Crippen LogP contribution is 2.51. The standard InChI is InChI=1S/C16H25NO/c1-12(17-11-14-10-16(14,2)3)4-5-13-6-8-15(18)9-7-13/h6-9,12,14,17-18H,4-5,10-11H2,1-3H3. The fraction of sp³-hybridized carbons (Fsp3) is 0.625. The van der Waals surface area contributed by atoms with E-state index in [1.165, 1.54) is 12.0 Å². The normalized spacial score (nSPS) is 22.7. The molecule has 2 N–H and O–H groups in total. The molecule has 2 unspecified atom stereocenters. The Morgan fingerprint density at radius 2 is 1.94 bits per heavy atom. The molecule has 0 spiro atoms. The topological polar surface area (TPSA) is 32.3 Å². The Morgan fingerprint density at radius 3 is 2.50 bits per heavy atom. The lowest BCUT2D eigenvalue weighted by Crippen LogP contribution is -2.29. The second-order valence-corrected chi connectivity index (χ2v) is 6.40. The molecule has 0 aliphatic heterocycles. The summed E-state index contributed by atoms with van der Waals surface area (Å²) in [6.07, 6.45) is 3.59. The first-order valence-electron chi connectivity index (χ1n) is 6.99. The third-order valence-corrected chi connectivity index (χ3v) is 4.23. The van der Waals surface area contributed by atoms with Crippen molar-refractivity contribution in [3.8, 4) is 5.75 Å². The van der Waals surface area contributed by atoms with Gasteiger partial charge in [-0.05, 0) is 61.8 Å². The molecule has 0 heterocycles. The van der Waals surface area contributed by atoms with Crippen molar-refractivity contribution >= 4 is 0 Å². The minimum Gasteiger partial charge on any atom is -0.508 e. The van der Waals surface area contributed by atoms with Crippen LogP contribution in [0.15, 0.2) is 24.3 Å². The Morgan fingerprint density at radius 1 is 1.33 bits per heavy atom. The monoisotopic (exact) mass is 247 g/mol. The highest BCUT2D eigenvalue weighted by molar-refractivity contribution is 5.25. The van der Waals surface area contributed by atoms with Gasteiger partial charge in [-0.25, -0.2) is 0 Å². The van der Waals surface area contributed by atoms with E-state index in [0.717, 1.165) is 25.3 Å². The molecule has 1 aliphatic carbocycles. The van der Waals surface area contributed by atoms with E-state index in [9.17, 15) is 5.11 Å². The van der Waals surface area contributed by atoms with Gasteiger partial charge in [0.25, 0.3) is 0 Å². The van der Waals surface area contributed by atoms with E-state index < -0.39 is 0 Å². The van der Waals surface area contributed by atoms with Crippen LogP contribution in [-0.2, 0) is 6.42 Å². The van der Waals surface area contributed by atoms with Crippen LogP contribution >= 0.6 is 0 Å². The maximum atomic E-state index is 9.22. The molecule has 2 rings (SSSR count). The van der Waals surface area contributed by atoms with E-state index in [1.807, 2.05) is 12.1 Å². The summed E-state index contributed by atoms with van der Waals surface area (Å²) in [7, 11) is 0. The molecule has 2 atom stereocenters. The van der Waals surface area contributed by atoms with Crippen molar-refractivity contribution in [1.82, 2.24) is 5.32 Å². The zero-order valence-electron chi connectivity index (χ0n) is 11.7. The minimum absolute atomic E-state index is 0.348. The second kappa shape index (κ2) is 5.31. The highest BCUT2D eigenvalue weighted by Gasteiger charge is 2.44. The summed E-state index contributed by atoms with van der Waals surface area (Å²) in [5, 5.41) is 12.9. The molecule has 0 radical (unpaired) electrons. The molecule has 0 bridgehead atoms. The summed E-state index contributed by atoms with van der Waals surface area (Å²) in [6.45, 7) is 8.11. The Hall–Kier alpha value is -1.02. The van der Waals surface area contributed by atoms with Gasteiger partial charge in [0.05, 0.1) is 0 Å². The predicted molar refractivity (Wildman–Crippen MR) is 75.8 cm³/mol. The number of hydrogen-bond donors (Lipinski definition) is 2. The number of aromatic hydroxyl groups is 1. The molecular formula is C16H25NO. The average molecular weight is 247 g/mol. The molecule has 0 saturated heterocycles. The second-order valence-electron chi connectivity index (χ2n) is 6.40. The van der Waals surface area contributed by atoms with E-state index in [2.05, 4.69) is 26.1 Å². The van der Waals surface area contributed by atoms with Crippen LogP contribution in [0.25, 0.3) is 0 Å². The fourth-order valence-corrected chi connectivity index (χ4v) is 2.42. The van der Waals surface area contributed by atoms with Gasteiger partial charge in [-0.3, -0.25) is 0 Å². The van der Waals surface area contributed by atoms with Crippen molar-refractivity contribution < 1.29 is 5.11 Å². The molecule has 1 aliphatic rings. The first kappa shape index (κ1) is 13.4. The van der Waals surface area contributed by atoms with Gasteiger partial charge < -0.3 is 10.4 Å². The first-order valence-corrected chi connectivity index (χ1v) is 6.99. The molecule has 18 heavy (non-hydrogen) atoms. The van der Waals surface area contributed by atoms with Crippen LogP contribution in [0.3, 0.4) is 0 Å². The van der Waals surface area contributed by atoms with E-state index in [1.54, 1.807) is 12.1 Å². The van der Waals surface area contributed by atoms with Crippen molar-refractivity contribution in [2.24, 2.45) is 11.3 Å². The van der Waals surface area contributed by atoms with Crippen molar-refractivity contribution in [2.75, 3.05) is 6.54 Å². The number of hydrogen-bond acceptors (Lipinski definition) is 2. The third-order valence-electron chi connectivity index (χ3n) is 4.23. The number of phenols is 1. The van der Waals surface area contributed by atoms with Crippen molar-refractivity contribution in [3.05, 3.63) is 29.8 Å². The lowest BCUT2D eigenvalue weighted by molar-refractivity contribution is 0.460. The van der Waals surface area contributed by atoms with Crippen LogP contribution in [0, 0.1) is 11.3 Å². The molecule has 0 aromatic heterocycles. The summed E-state index contributed by atoms with van der Waals surface area (Å²) in [6, 6.07) is 8.11. The molecule has 2 nitrogen and oxygen atoms in total. The van der Waals surface area contributed by atoms with Crippen molar-refractivity contribution in [2.45, 2.75) is 46.1 Å². The third kappa shape index (κ3) is 3.74. The van der Waals surface area contributed by atoms with Gasteiger partial charge in [-0.2, -0.15) is 0 Å². The van der Waals surface area contributed by atoms with Gasteiger partial charge in [-0.15, -0.1) is 0 Å². The molecule has 1 aromatic rings. The van der Waals surface area contributed by atoms with E-state index in [0.29, 0.717) is 17.2 Å². The number of rotatable bonds is 6.